The van der Waals surface area contributed by atoms with Crippen molar-refractivity contribution < 1.29 is 4.79 Å². The van der Waals surface area contributed by atoms with Crippen LogP contribution in [0.15, 0.2) is 18.2 Å². The predicted molar refractivity (Wildman–Crippen MR) is 72.8 cm³/mol. The van der Waals surface area contributed by atoms with Gasteiger partial charge in [0.05, 0.1) is 11.6 Å². The van der Waals surface area contributed by atoms with E-state index in [1.807, 2.05) is 6.07 Å². The van der Waals surface area contributed by atoms with Gasteiger partial charge >= 0.3 is 0 Å². The fraction of sp³-hybridized carbons (Fsp3) is 0.357. The van der Waals surface area contributed by atoms with Crippen molar-refractivity contribution in [3.8, 4) is 12.3 Å². The van der Waals surface area contributed by atoms with E-state index in [-0.39, 0.29) is 5.78 Å². The number of anilines is 1. The van der Waals surface area contributed by atoms with Crippen LogP contribution < -0.4 is 4.90 Å². The molecule has 0 amide bonds. The van der Waals surface area contributed by atoms with Crippen LogP contribution in [0.4, 0.5) is 5.69 Å². The maximum absolute atomic E-state index is 11.3. The number of terminal acetylenes is 1. The van der Waals surface area contributed by atoms with Crippen molar-refractivity contribution in [2.24, 2.45) is 0 Å². The van der Waals surface area contributed by atoms with Gasteiger partial charge in [0.1, 0.15) is 0 Å². The summed E-state index contributed by atoms with van der Waals surface area (Å²) in [5.41, 5.74) is 1.51. The van der Waals surface area contributed by atoms with E-state index < -0.39 is 0 Å². The summed E-state index contributed by atoms with van der Waals surface area (Å²) in [6.45, 7) is 5.02. The van der Waals surface area contributed by atoms with Crippen LogP contribution in [-0.4, -0.2) is 18.9 Å². The van der Waals surface area contributed by atoms with Crippen LogP contribution in [0.5, 0.6) is 0 Å². The first-order valence-electron chi connectivity index (χ1n) is 5.59. The molecule has 0 saturated carbocycles. The minimum atomic E-state index is -0.0273. The van der Waals surface area contributed by atoms with Crippen molar-refractivity contribution in [3.05, 3.63) is 28.8 Å². The normalized spacial score (nSPS) is 9.76. The van der Waals surface area contributed by atoms with E-state index >= 15 is 0 Å². The van der Waals surface area contributed by atoms with Gasteiger partial charge in [-0.15, -0.1) is 6.42 Å². The number of halogens is 1. The van der Waals surface area contributed by atoms with Gasteiger partial charge in [0.2, 0.25) is 0 Å². The molecule has 0 heterocycles. The third kappa shape index (κ3) is 3.51. The largest absolute Gasteiger partial charge is 0.360 e. The van der Waals surface area contributed by atoms with Crippen molar-refractivity contribution in [2.45, 2.75) is 20.3 Å². The molecular weight excluding hydrogens is 234 g/mol. The van der Waals surface area contributed by atoms with E-state index in [9.17, 15) is 4.79 Å². The lowest BCUT2D eigenvalue weighted by Crippen LogP contribution is -2.24. The van der Waals surface area contributed by atoms with E-state index in [1.54, 1.807) is 12.1 Å². The number of nitrogens with zero attached hydrogens (tertiary/aromatic N) is 1. The average Bonchev–Trinajstić information content (AvgIpc) is 2.28. The second-order valence-corrected chi connectivity index (χ2v) is 4.25. The number of Topliss-reactive ketones (excluding diaryl/α,β-unsaturated/α-hetero) is 1. The molecule has 0 aromatic heterocycles. The van der Waals surface area contributed by atoms with Gasteiger partial charge in [-0.3, -0.25) is 4.79 Å². The van der Waals surface area contributed by atoms with Crippen molar-refractivity contribution in [1.82, 2.24) is 0 Å². The first kappa shape index (κ1) is 13.6. The third-order valence-electron chi connectivity index (χ3n) is 2.47. The maximum Gasteiger partial charge on any atom is 0.161 e. The second-order valence-electron chi connectivity index (χ2n) is 3.85. The minimum absolute atomic E-state index is 0.0273. The van der Waals surface area contributed by atoms with E-state index in [2.05, 4.69) is 17.7 Å². The highest BCUT2D eigenvalue weighted by Gasteiger charge is 2.09. The van der Waals surface area contributed by atoms with Crippen molar-refractivity contribution in [3.63, 3.8) is 0 Å². The molecule has 0 aliphatic carbocycles. The molecule has 0 fully saturated rings. The Morgan fingerprint density at radius 1 is 1.53 bits per heavy atom. The molecule has 90 valence electrons. The number of ketones is 1. The molecule has 2 nitrogen and oxygen atoms in total. The van der Waals surface area contributed by atoms with Gasteiger partial charge in [-0.1, -0.05) is 24.4 Å². The molecule has 0 aliphatic rings. The SMILES string of the molecule is C#CCN(CCC)c1ccc(C(C)=O)c(Cl)c1. The fourth-order valence-electron chi connectivity index (χ4n) is 1.67. The van der Waals surface area contributed by atoms with Crippen LogP contribution in [0.2, 0.25) is 5.02 Å². The van der Waals surface area contributed by atoms with Crippen LogP contribution in [0, 0.1) is 12.3 Å². The standard InChI is InChI=1S/C14H16ClNO/c1-4-8-16(9-5-2)12-6-7-13(11(3)17)14(15)10-12/h1,6-7,10H,5,8-9H2,2-3H3. The molecule has 0 radical (unpaired) electrons. The Hall–Kier alpha value is -1.46. The van der Waals surface area contributed by atoms with Gasteiger partial charge < -0.3 is 4.90 Å². The molecule has 1 rings (SSSR count). The topological polar surface area (TPSA) is 20.3 Å². The van der Waals surface area contributed by atoms with Crippen LogP contribution in [0.3, 0.4) is 0 Å². The number of hydrogen-bond donors (Lipinski definition) is 0. The van der Waals surface area contributed by atoms with Gasteiger partial charge in [-0.05, 0) is 31.5 Å². The summed E-state index contributed by atoms with van der Waals surface area (Å²) < 4.78 is 0. The van der Waals surface area contributed by atoms with Crippen LogP contribution in [-0.2, 0) is 0 Å². The van der Waals surface area contributed by atoms with Gasteiger partial charge in [-0.25, -0.2) is 0 Å². The summed E-state index contributed by atoms with van der Waals surface area (Å²) in [5, 5.41) is 0.480. The highest BCUT2D eigenvalue weighted by Crippen LogP contribution is 2.24. The highest BCUT2D eigenvalue weighted by atomic mass is 35.5. The summed E-state index contributed by atoms with van der Waals surface area (Å²) in [6.07, 6.45) is 6.34. The Bertz CT molecular complexity index is 448. The number of rotatable bonds is 5. The molecule has 0 bridgehead atoms. The lowest BCUT2D eigenvalue weighted by molar-refractivity contribution is 0.101. The Morgan fingerprint density at radius 2 is 2.24 bits per heavy atom. The van der Waals surface area contributed by atoms with Crippen molar-refractivity contribution in [1.29, 1.82) is 0 Å². The van der Waals surface area contributed by atoms with Gasteiger partial charge in [0.25, 0.3) is 0 Å². The molecule has 0 unspecified atom stereocenters. The summed E-state index contributed by atoms with van der Waals surface area (Å²) in [6, 6.07) is 5.43. The van der Waals surface area contributed by atoms with E-state index in [0.717, 1.165) is 18.7 Å². The molecular formula is C14H16ClNO. The number of carbonyl (C=O) groups is 1. The third-order valence-corrected chi connectivity index (χ3v) is 2.79. The van der Waals surface area contributed by atoms with Gasteiger partial charge in [-0.2, -0.15) is 0 Å². The van der Waals surface area contributed by atoms with Crippen LogP contribution >= 0.6 is 11.6 Å². The monoisotopic (exact) mass is 249 g/mol. The quantitative estimate of drug-likeness (QED) is 0.589. The first-order valence-corrected chi connectivity index (χ1v) is 5.96. The van der Waals surface area contributed by atoms with Gasteiger partial charge in [0, 0.05) is 17.8 Å². The molecule has 0 saturated heterocycles. The maximum atomic E-state index is 11.3. The highest BCUT2D eigenvalue weighted by molar-refractivity contribution is 6.34. The average molecular weight is 250 g/mol. The lowest BCUT2D eigenvalue weighted by atomic mass is 10.1. The molecule has 17 heavy (non-hydrogen) atoms. The minimum Gasteiger partial charge on any atom is -0.360 e. The Kier molecular flexibility index (Phi) is 5.06. The zero-order valence-corrected chi connectivity index (χ0v) is 10.9. The molecule has 1 aromatic carbocycles. The van der Waals surface area contributed by atoms with E-state index in [0.29, 0.717) is 17.1 Å². The fourth-order valence-corrected chi connectivity index (χ4v) is 1.97. The Labute approximate surface area is 108 Å². The predicted octanol–water partition coefficient (Wildman–Crippen LogP) is 3.39. The van der Waals surface area contributed by atoms with Crippen molar-refractivity contribution in [2.75, 3.05) is 18.0 Å². The van der Waals surface area contributed by atoms with Gasteiger partial charge in [0.15, 0.2) is 5.78 Å². The van der Waals surface area contributed by atoms with E-state index in [4.69, 9.17) is 18.0 Å². The lowest BCUT2D eigenvalue weighted by Gasteiger charge is -2.22. The zero-order valence-electron chi connectivity index (χ0n) is 10.2. The number of hydrogen-bond acceptors (Lipinski definition) is 2. The summed E-state index contributed by atoms with van der Waals surface area (Å²) in [5.74, 6) is 2.60. The second kappa shape index (κ2) is 6.32. The number of carbonyl (C=O) groups excluding carboxylic acids is 1. The molecule has 0 spiro atoms. The summed E-state index contributed by atoms with van der Waals surface area (Å²) >= 11 is 6.07. The first-order chi connectivity index (χ1) is 8.10. The molecule has 0 N–H and O–H groups in total. The molecule has 3 heteroatoms. The Balaban J connectivity index is 3.02. The zero-order chi connectivity index (χ0) is 12.8. The summed E-state index contributed by atoms with van der Waals surface area (Å²) in [7, 11) is 0. The van der Waals surface area contributed by atoms with E-state index in [1.165, 1.54) is 6.92 Å². The van der Waals surface area contributed by atoms with Crippen LogP contribution in [0.25, 0.3) is 0 Å². The van der Waals surface area contributed by atoms with Crippen LogP contribution in [0.1, 0.15) is 30.6 Å². The summed E-state index contributed by atoms with van der Waals surface area (Å²) in [4.78, 5) is 13.3. The smallest absolute Gasteiger partial charge is 0.161 e. The molecule has 0 aliphatic heterocycles. The Morgan fingerprint density at radius 3 is 2.71 bits per heavy atom. The van der Waals surface area contributed by atoms with Crippen molar-refractivity contribution >= 4 is 23.1 Å². The number of benzene rings is 1. The molecule has 1 aromatic rings. The molecule has 0 atom stereocenters.